The van der Waals surface area contributed by atoms with Crippen LogP contribution in [0.3, 0.4) is 0 Å². The van der Waals surface area contributed by atoms with Crippen LogP contribution in [0.4, 0.5) is 4.79 Å². The lowest BCUT2D eigenvalue weighted by atomic mass is 9.99. The van der Waals surface area contributed by atoms with E-state index in [0.717, 1.165) is 24.2 Å². The van der Waals surface area contributed by atoms with Gasteiger partial charge in [0.25, 0.3) is 0 Å². The first-order valence-electron chi connectivity index (χ1n) is 4.66. The topological polar surface area (TPSA) is 93.6 Å². The minimum absolute atomic E-state index is 0.338. The number of nitrogens with zero attached hydrogens (tertiary/aromatic N) is 2. The number of nitrogens with one attached hydrogen (secondary N) is 1. The molecular weight excluding hydrogens is 184 g/mol. The van der Waals surface area contributed by atoms with Crippen molar-refractivity contribution < 1.29 is 9.90 Å². The van der Waals surface area contributed by atoms with Gasteiger partial charge in [-0.25, -0.2) is 9.80 Å². The Kier molecular flexibility index (Phi) is 3.84. The van der Waals surface area contributed by atoms with Crippen molar-refractivity contribution in [1.82, 2.24) is 10.0 Å². The first-order chi connectivity index (χ1) is 6.69. The second-order valence-electron chi connectivity index (χ2n) is 3.41. The highest BCUT2D eigenvalue weighted by Gasteiger charge is 2.25. The molecule has 1 rings (SSSR count). The van der Waals surface area contributed by atoms with Gasteiger partial charge in [-0.3, -0.25) is 5.41 Å². The van der Waals surface area contributed by atoms with Crippen molar-refractivity contribution in [3.05, 3.63) is 0 Å². The van der Waals surface area contributed by atoms with Gasteiger partial charge >= 0.3 is 6.09 Å². The summed E-state index contributed by atoms with van der Waals surface area (Å²) in [5.41, 5.74) is 5.53. The van der Waals surface area contributed by atoms with E-state index in [2.05, 4.69) is 0 Å². The second kappa shape index (κ2) is 4.92. The van der Waals surface area contributed by atoms with Gasteiger partial charge in [0.15, 0.2) is 0 Å². The molecule has 6 nitrogen and oxygen atoms in total. The highest BCUT2D eigenvalue weighted by Crippen LogP contribution is 2.16. The first kappa shape index (κ1) is 10.9. The minimum atomic E-state index is -1.11. The monoisotopic (exact) mass is 200 g/mol. The van der Waals surface area contributed by atoms with Crippen LogP contribution in [0, 0.1) is 11.3 Å². The average Bonchev–Trinajstić information content (AvgIpc) is 2.19. The zero-order valence-corrected chi connectivity index (χ0v) is 8.02. The first-order valence-corrected chi connectivity index (χ1v) is 4.66. The summed E-state index contributed by atoms with van der Waals surface area (Å²) in [5.74, 6) is 0.338. The number of hydrazine groups is 1. The fourth-order valence-electron chi connectivity index (χ4n) is 1.69. The highest BCUT2D eigenvalue weighted by atomic mass is 16.4. The summed E-state index contributed by atoms with van der Waals surface area (Å²) >= 11 is 0. The Labute approximate surface area is 82.8 Å². The number of carbonyl (C=O) groups is 1. The molecule has 6 heteroatoms. The fraction of sp³-hybridized carbons (Fsp3) is 0.750. The number of nitrogens with two attached hydrogens (primary N) is 1. The van der Waals surface area contributed by atoms with Gasteiger partial charge in [-0.05, 0) is 25.3 Å². The quantitative estimate of drug-likeness (QED) is 0.447. The third kappa shape index (κ3) is 2.43. The van der Waals surface area contributed by atoms with Gasteiger partial charge in [-0.1, -0.05) is 0 Å². The zero-order valence-electron chi connectivity index (χ0n) is 8.02. The van der Waals surface area contributed by atoms with Crippen molar-refractivity contribution in [2.24, 2.45) is 11.7 Å². The maximum atomic E-state index is 10.7. The fourth-order valence-corrected chi connectivity index (χ4v) is 1.69. The van der Waals surface area contributed by atoms with E-state index >= 15 is 0 Å². The van der Waals surface area contributed by atoms with Crippen LogP contribution in [-0.2, 0) is 0 Å². The predicted octanol–water partition coefficient (Wildman–Crippen LogP) is 0.159. The van der Waals surface area contributed by atoms with E-state index in [-0.39, 0.29) is 0 Å². The highest BCUT2D eigenvalue weighted by molar-refractivity contribution is 5.78. The van der Waals surface area contributed by atoms with E-state index in [4.69, 9.17) is 16.2 Å². The van der Waals surface area contributed by atoms with Crippen LogP contribution in [0.5, 0.6) is 0 Å². The zero-order chi connectivity index (χ0) is 10.6. The molecular formula is C8H16N4O2. The number of carboxylic acid groups (broad SMARTS) is 1. The molecule has 0 bridgehead atoms. The van der Waals surface area contributed by atoms with Crippen LogP contribution in [-0.4, -0.2) is 47.2 Å². The summed E-state index contributed by atoms with van der Waals surface area (Å²) in [4.78, 5) is 10.7. The molecule has 1 aliphatic rings. The van der Waals surface area contributed by atoms with Crippen LogP contribution >= 0.6 is 0 Å². The van der Waals surface area contributed by atoms with Gasteiger partial charge in [-0.15, -0.1) is 0 Å². The molecule has 1 amide bonds. The molecule has 1 aliphatic heterocycles. The average molecular weight is 200 g/mol. The van der Waals surface area contributed by atoms with E-state index in [1.807, 2.05) is 0 Å². The number of hydrogen-bond acceptors (Lipinski definition) is 4. The summed E-state index contributed by atoms with van der Waals surface area (Å²) in [5, 5.41) is 18.4. The molecule has 0 aromatic heterocycles. The Hall–Kier alpha value is -1.14. The van der Waals surface area contributed by atoms with Crippen LogP contribution in [0.1, 0.15) is 12.8 Å². The number of amides is 1. The Morgan fingerprint density at radius 1 is 1.79 bits per heavy atom. The van der Waals surface area contributed by atoms with Crippen LogP contribution in [0.2, 0.25) is 0 Å². The Balaban J connectivity index is 2.57. The Morgan fingerprint density at radius 3 is 3.00 bits per heavy atom. The van der Waals surface area contributed by atoms with Crippen molar-refractivity contribution >= 4 is 12.4 Å². The molecule has 1 unspecified atom stereocenters. The SMILES string of the molecule is N=CN(C(=O)O)N1CCCC(CN)C1. The van der Waals surface area contributed by atoms with Crippen LogP contribution in [0.25, 0.3) is 0 Å². The van der Waals surface area contributed by atoms with Gasteiger partial charge in [-0.2, -0.15) is 5.01 Å². The molecule has 0 aromatic carbocycles. The van der Waals surface area contributed by atoms with Crippen LogP contribution < -0.4 is 5.73 Å². The number of rotatable bonds is 3. The molecule has 1 atom stereocenters. The van der Waals surface area contributed by atoms with Gasteiger partial charge in [0.05, 0.1) is 0 Å². The normalized spacial score (nSPS) is 23.1. The molecule has 1 fully saturated rings. The molecule has 1 saturated heterocycles. The molecule has 0 aromatic rings. The Bertz CT molecular complexity index is 221. The molecule has 1 heterocycles. The summed E-state index contributed by atoms with van der Waals surface area (Å²) in [6.07, 6.45) is 1.68. The molecule has 4 N–H and O–H groups in total. The van der Waals surface area contributed by atoms with Crippen molar-refractivity contribution in [2.45, 2.75) is 12.8 Å². The lowest BCUT2D eigenvalue weighted by Gasteiger charge is -2.36. The largest absolute Gasteiger partial charge is 0.464 e. The molecule has 0 spiro atoms. The summed E-state index contributed by atoms with van der Waals surface area (Å²) in [6.45, 7) is 1.87. The molecule has 0 saturated carbocycles. The van der Waals surface area contributed by atoms with E-state index in [0.29, 0.717) is 25.6 Å². The van der Waals surface area contributed by atoms with E-state index in [9.17, 15) is 4.79 Å². The van der Waals surface area contributed by atoms with Crippen molar-refractivity contribution in [3.8, 4) is 0 Å². The molecule has 80 valence electrons. The minimum Gasteiger partial charge on any atom is -0.464 e. The number of hydrogen-bond donors (Lipinski definition) is 3. The van der Waals surface area contributed by atoms with Crippen LogP contribution in [0.15, 0.2) is 0 Å². The standard InChI is InChI=1S/C8H16N4O2/c9-4-7-2-1-3-11(5-7)12(6-10)8(13)14/h6-7,10H,1-5,9H2,(H,13,14). The lowest BCUT2D eigenvalue weighted by Crippen LogP contribution is -2.50. The maximum absolute atomic E-state index is 10.7. The maximum Gasteiger partial charge on any atom is 0.427 e. The third-order valence-corrected chi connectivity index (χ3v) is 2.45. The molecule has 0 aliphatic carbocycles. The van der Waals surface area contributed by atoms with Gasteiger partial charge in [0.2, 0.25) is 0 Å². The van der Waals surface area contributed by atoms with Crippen molar-refractivity contribution in [3.63, 3.8) is 0 Å². The Morgan fingerprint density at radius 2 is 2.50 bits per heavy atom. The van der Waals surface area contributed by atoms with E-state index in [1.165, 1.54) is 0 Å². The summed E-state index contributed by atoms with van der Waals surface area (Å²) < 4.78 is 0. The smallest absolute Gasteiger partial charge is 0.427 e. The van der Waals surface area contributed by atoms with Crippen molar-refractivity contribution in [1.29, 1.82) is 5.41 Å². The molecule has 0 radical (unpaired) electrons. The number of piperidine rings is 1. The third-order valence-electron chi connectivity index (χ3n) is 2.45. The van der Waals surface area contributed by atoms with Crippen molar-refractivity contribution in [2.75, 3.05) is 19.6 Å². The van der Waals surface area contributed by atoms with Gasteiger partial charge in [0.1, 0.15) is 6.34 Å². The van der Waals surface area contributed by atoms with E-state index in [1.54, 1.807) is 5.01 Å². The predicted molar refractivity (Wildman–Crippen MR) is 52.0 cm³/mol. The van der Waals surface area contributed by atoms with E-state index < -0.39 is 6.09 Å². The second-order valence-corrected chi connectivity index (χ2v) is 3.41. The summed E-state index contributed by atoms with van der Waals surface area (Å²) in [6, 6.07) is 0. The summed E-state index contributed by atoms with van der Waals surface area (Å²) in [7, 11) is 0. The lowest BCUT2D eigenvalue weighted by molar-refractivity contribution is 0.0164. The van der Waals surface area contributed by atoms with Gasteiger partial charge < -0.3 is 10.8 Å². The van der Waals surface area contributed by atoms with Gasteiger partial charge in [0, 0.05) is 13.1 Å². The molecule has 14 heavy (non-hydrogen) atoms.